The fraction of sp³-hybridized carbons (Fsp3) is 0.235. The second-order valence-corrected chi connectivity index (χ2v) is 5.58. The molecule has 0 heterocycles. The van der Waals surface area contributed by atoms with Crippen LogP contribution in [-0.4, -0.2) is 5.78 Å². The van der Waals surface area contributed by atoms with Crippen molar-refractivity contribution < 1.29 is 13.6 Å². The Morgan fingerprint density at radius 2 is 1.71 bits per heavy atom. The van der Waals surface area contributed by atoms with Crippen LogP contribution in [0.15, 0.2) is 42.5 Å². The summed E-state index contributed by atoms with van der Waals surface area (Å²) in [6, 6.07) is 10.1. The highest BCUT2D eigenvalue weighted by Gasteiger charge is 2.30. The smallest absolute Gasteiger partial charge is 0.147 e. The monoisotopic (exact) mass is 289 g/mol. The lowest BCUT2D eigenvalue weighted by Crippen LogP contribution is -2.30. The van der Waals surface area contributed by atoms with Gasteiger partial charge in [0.1, 0.15) is 17.4 Å². The molecular weight excluding hydrogens is 272 g/mol. The highest BCUT2D eigenvalue weighted by Crippen LogP contribution is 2.27. The van der Waals surface area contributed by atoms with Crippen molar-refractivity contribution in [2.24, 2.45) is 0 Å². The average Bonchev–Trinajstić information content (AvgIpc) is 2.43. The summed E-state index contributed by atoms with van der Waals surface area (Å²) in [7, 11) is 0. The molecule has 0 fully saturated rings. The zero-order valence-electron chi connectivity index (χ0n) is 12.0. The van der Waals surface area contributed by atoms with E-state index >= 15 is 0 Å². The van der Waals surface area contributed by atoms with Crippen molar-refractivity contribution in [3.8, 4) is 0 Å². The predicted octanol–water partition coefficient (Wildman–Crippen LogP) is 3.64. The maximum Gasteiger partial charge on any atom is 0.147 e. The number of hydrogen-bond acceptors (Lipinski definition) is 2. The van der Waals surface area contributed by atoms with Crippen LogP contribution in [0.5, 0.6) is 0 Å². The van der Waals surface area contributed by atoms with Gasteiger partial charge in [0.15, 0.2) is 0 Å². The minimum Gasteiger partial charge on any atom is -0.399 e. The number of nitrogens with two attached hydrogens (primary N) is 1. The van der Waals surface area contributed by atoms with Gasteiger partial charge in [-0.2, -0.15) is 0 Å². The molecule has 2 nitrogen and oxygen atoms in total. The number of benzene rings is 2. The molecule has 0 saturated carbocycles. The van der Waals surface area contributed by atoms with Crippen molar-refractivity contribution in [3.63, 3.8) is 0 Å². The van der Waals surface area contributed by atoms with E-state index in [-0.39, 0.29) is 17.8 Å². The number of hydrogen-bond donors (Lipinski definition) is 1. The zero-order valence-corrected chi connectivity index (χ0v) is 12.0. The highest BCUT2D eigenvalue weighted by molar-refractivity contribution is 5.91. The normalized spacial score (nSPS) is 11.4. The van der Waals surface area contributed by atoms with Gasteiger partial charge in [-0.15, -0.1) is 0 Å². The van der Waals surface area contributed by atoms with Gasteiger partial charge < -0.3 is 5.73 Å². The summed E-state index contributed by atoms with van der Waals surface area (Å²) >= 11 is 0. The van der Waals surface area contributed by atoms with E-state index in [9.17, 15) is 13.6 Å². The molecule has 2 rings (SSSR count). The number of Topliss-reactive ketones (excluding diaryl/α,β-unsaturated/α-hetero) is 1. The fourth-order valence-corrected chi connectivity index (χ4v) is 2.13. The standard InChI is InChI=1S/C17H17F2NO/c1-17(2,12-3-6-14(20)7-4-12)16(21)10-11-9-13(18)5-8-15(11)19/h3-9H,10,20H2,1-2H3. The Labute approximate surface area is 122 Å². The molecule has 21 heavy (non-hydrogen) atoms. The summed E-state index contributed by atoms with van der Waals surface area (Å²) in [6.07, 6.45) is -0.152. The van der Waals surface area contributed by atoms with E-state index in [0.717, 1.165) is 23.8 Å². The second kappa shape index (κ2) is 5.64. The Bertz CT molecular complexity index is 663. The Kier molecular flexibility index (Phi) is 4.07. The van der Waals surface area contributed by atoms with Crippen molar-refractivity contribution in [3.05, 3.63) is 65.2 Å². The molecule has 0 atom stereocenters. The minimum atomic E-state index is -0.799. The maximum atomic E-state index is 13.6. The van der Waals surface area contributed by atoms with Gasteiger partial charge in [-0.25, -0.2) is 8.78 Å². The van der Waals surface area contributed by atoms with Crippen LogP contribution < -0.4 is 5.73 Å². The summed E-state index contributed by atoms with van der Waals surface area (Å²) in [6.45, 7) is 3.52. The molecule has 0 bridgehead atoms. The summed E-state index contributed by atoms with van der Waals surface area (Å²) < 4.78 is 26.8. The fourth-order valence-electron chi connectivity index (χ4n) is 2.13. The van der Waals surface area contributed by atoms with Crippen molar-refractivity contribution in [2.75, 3.05) is 5.73 Å². The number of ketones is 1. The van der Waals surface area contributed by atoms with E-state index in [1.807, 2.05) is 0 Å². The maximum absolute atomic E-state index is 13.6. The van der Waals surface area contributed by atoms with Crippen LogP contribution in [0.4, 0.5) is 14.5 Å². The topological polar surface area (TPSA) is 43.1 Å². The summed E-state index contributed by atoms with van der Waals surface area (Å²) in [5.74, 6) is -1.31. The third kappa shape index (κ3) is 3.27. The van der Waals surface area contributed by atoms with Gasteiger partial charge in [-0.3, -0.25) is 4.79 Å². The van der Waals surface area contributed by atoms with Gasteiger partial charge in [-0.05, 0) is 55.3 Å². The quantitative estimate of drug-likeness (QED) is 0.873. The average molecular weight is 289 g/mol. The first-order valence-corrected chi connectivity index (χ1v) is 6.64. The van der Waals surface area contributed by atoms with E-state index in [0.29, 0.717) is 5.69 Å². The van der Waals surface area contributed by atoms with Gasteiger partial charge in [0.2, 0.25) is 0 Å². The second-order valence-electron chi connectivity index (χ2n) is 5.58. The first kappa shape index (κ1) is 15.2. The number of nitrogen functional groups attached to an aromatic ring is 1. The highest BCUT2D eigenvalue weighted by atomic mass is 19.1. The lowest BCUT2D eigenvalue weighted by molar-refractivity contribution is -0.122. The number of rotatable bonds is 4. The Hall–Kier alpha value is -2.23. The van der Waals surface area contributed by atoms with Crippen LogP contribution in [0.1, 0.15) is 25.0 Å². The van der Waals surface area contributed by atoms with Gasteiger partial charge in [-0.1, -0.05) is 12.1 Å². The first-order chi connectivity index (χ1) is 9.80. The molecule has 0 aliphatic carbocycles. The first-order valence-electron chi connectivity index (χ1n) is 6.64. The summed E-state index contributed by atoms with van der Waals surface area (Å²) in [5, 5.41) is 0. The molecule has 0 aliphatic rings. The van der Waals surface area contributed by atoms with Gasteiger partial charge >= 0.3 is 0 Å². The number of halogens is 2. The van der Waals surface area contributed by atoms with Crippen LogP contribution in [0, 0.1) is 11.6 Å². The van der Waals surface area contributed by atoms with E-state index < -0.39 is 17.0 Å². The van der Waals surface area contributed by atoms with Crippen LogP contribution >= 0.6 is 0 Å². The van der Waals surface area contributed by atoms with E-state index in [1.165, 1.54) is 0 Å². The molecule has 0 saturated heterocycles. The molecule has 4 heteroatoms. The molecule has 0 radical (unpaired) electrons. The SMILES string of the molecule is CC(C)(C(=O)Cc1cc(F)ccc1F)c1ccc(N)cc1. The molecule has 0 unspecified atom stereocenters. The van der Waals surface area contributed by atoms with Crippen molar-refractivity contribution in [1.82, 2.24) is 0 Å². The Morgan fingerprint density at radius 1 is 1.10 bits per heavy atom. The zero-order chi connectivity index (χ0) is 15.6. The lowest BCUT2D eigenvalue weighted by atomic mass is 9.78. The van der Waals surface area contributed by atoms with Crippen LogP contribution in [0.3, 0.4) is 0 Å². The summed E-state index contributed by atoms with van der Waals surface area (Å²) in [5.41, 5.74) is 6.30. The van der Waals surface area contributed by atoms with Gasteiger partial charge in [0.25, 0.3) is 0 Å². The predicted molar refractivity (Wildman–Crippen MR) is 78.9 cm³/mol. The molecule has 2 aromatic rings. The number of carbonyl (C=O) groups is 1. The number of anilines is 1. The van der Waals surface area contributed by atoms with Crippen LogP contribution in [-0.2, 0) is 16.6 Å². The molecular formula is C17H17F2NO. The van der Waals surface area contributed by atoms with E-state index in [2.05, 4.69) is 0 Å². The molecule has 110 valence electrons. The van der Waals surface area contributed by atoms with Crippen molar-refractivity contribution in [1.29, 1.82) is 0 Å². The molecule has 0 aromatic heterocycles. The Morgan fingerprint density at radius 3 is 2.33 bits per heavy atom. The molecule has 0 aliphatic heterocycles. The molecule has 2 aromatic carbocycles. The van der Waals surface area contributed by atoms with Crippen LogP contribution in [0.25, 0.3) is 0 Å². The Balaban J connectivity index is 2.26. The van der Waals surface area contributed by atoms with Gasteiger partial charge in [0.05, 0.1) is 0 Å². The number of carbonyl (C=O) groups excluding carboxylic acids is 1. The minimum absolute atomic E-state index is 0.0727. The van der Waals surface area contributed by atoms with E-state index in [4.69, 9.17) is 5.73 Å². The summed E-state index contributed by atoms with van der Waals surface area (Å²) in [4.78, 5) is 12.5. The third-order valence-corrected chi connectivity index (χ3v) is 3.69. The largest absolute Gasteiger partial charge is 0.399 e. The van der Waals surface area contributed by atoms with E-state index in [1.54, 1.807) is 38.1 Å². The van der Waals surface area contributed by atoms with Gasteiger partial charge in [0, 0.05) is 17.5 Å². The molecule has 0 spiro atoms. The molecule has 0 amide bonds. The van der Waals surface area contributed by atoms with Crippen LogP contribution in [0.2, 0.25) is 0 Å². The molecule has 2 N–H and O–H groups in total. The lowest BCUT2D eigenvalue weighted by Gasteiger charge is -2.24. The van der Waals surface area contributed by atoms with Crippen molar-refractivity contribution in [2.45, 2.75) is 25.7 Å². The third-order valence-electron chi connectivity index (χ3n) is 3.69. The van der Waals surface area contributed by atoms with Crippen molar-refractivity contribution >= 4 is 11.5 Å².